The molecule has 3 aromatic rings. The highest BCUT2D eigenvalue weighted by atomic mass is 16.5. The largest absolute Gasteiger partial charge is 0.471 e. The van der Waals surface area contributed by atoms with Crippen molar-refractivity contribution in [2.75, 3.05) is 5.73 Å². The quantitative estimate of drug-likeness (QED) is 0.790. The number of ether oxygens (including phenoxy) is 1. The van der Waals surface area contributed by atoms with Crippen molar-refractivity contribution < 1.29 is 4.74 Å². The second kappa shape index (κ2) is 6.84. The van der Waals surface area contributed by atoms with Gasteiger partial charge in [0.15, 0.2) is 0 Å². The number of pyridine rings is 2. The van der Waals surface area contributed by atoms with E-state index in [1.165, 1.54) is 5.56 Å². The Balaban J connectivity index is 1.68. The van der Waals surface area contributed by atoms with Gasteiger partial charge in [-0.25, -0.2) is 9.97 Å². The van der Waals surface area contributed by atoms with Gasteiger partial charge < -0.3 is 10.5 Å². The number of anilines is 1. The lowest BCUT2D eigenvalue weighted by molar-refractivity contribution is 0.288. The fourth-order valence-electron chi connectivity index (χ4n) is 3.09. The number of hydrogen-bond donors (Lipinski definition) is 1. The van der Waals surface area contributed by atoms with Crippen LogP contribution in [0.2, 0.25) is 0 Å². The lowest BCUT2D eigenvalue weighted by Gasteiger charge is -2.19. The lowest BCUT2D eigenvalue weighted by atomic mass is 9.91. The summed E-state index contributed by atoms with van der Waals surface area (Å²) in [5, 5.41) is 0. The molecule has 0 spiro atoms. The molecule has 2 N–H and O–H groups in total. The van der Waals surface area contributed by atoms with Crippen LogP contribution in [0.15, 0.2) is 42.9 Å². The minimum absolute atomic E-state index is 0.388. The number of fused-ring (bicyclic) bond motifs is 1. The molecule has 0 fully saturated rings. The topological polar surface area (TPSA) is 86.8 Å². The summed E-state index contributed by atoms with van der Waals surface area (Å²) in [5.74, 6) is 1.01. The van der Waals surface area contributed by atoms with Crippen LogP contribution in [-0.4, -0.2) is 19.9 Å². The molecule has 0 amide bonds. The second-order valence-electron chi connectivity index (χ2n) is 6.08. The van der Waals surface area contributed by atoms with E-state index in [0.29, 0.717) is 18.3 Å². The summed E-state index contributed by atoms with van der Waals surface area (Å²) in [6.45, 7) is 0.388. The smallest absolute Gasteiger partial charge is 0.214 e. The second-order valence-corrected chi connectivity index (χ2v) is 6.08. The molecule has 3 aromatic heterocycles. The van der Waals surface area contributed by atoms with Crippen LogP contribution < -0.4 is 10.5 Å². The highest BCUT2D eigenvalue weighted by molar-refractivity contribution is 5.66. The summed E-state index contributed by atoms with van der Waals surface area (Å²) in [4.78, 5) is 17.6. The van der Waals surface area contributed by atoms with Crippen LogP contribution >= 0.6 is 0 Å². The van der Waals surface area contributed by atoms with Crippen molar-refractivity contribution in [1.29, 1.82) is 0 Å². The maximum atomic E-state index is 5.90. The molecule has 1 aliphatic carbocycles. The normalized spacial score (nSPS) is 13.3. The van der Waals surface area contributed by atoms with Gasteiger partial charge in [0.2, 0.25) is 5.88 Å². The monoisotopic (exact) mass is 333 g/mol. The average molecular weight is 333 g/mol. The van der Waals surface area contributed by atoms with Crippen molar-refractivity contribution in [3.05, 3.63) is 59.8 Å². The molecule has 4 rings (SSSR count). The van der Waals surface area contributed by atoms with E-state index in [-0.39, 0.29) is 0 Å². The van der Waals surface area contributed by atoms with Crippen molar-refractivity contribution in [2.24, 2.45) is 0 Å². The number of aromatic nitrogens is 4. The van der Waals surface area contributed by atoms with Gasteiger partial charge in [0.25, 0.3) is 0 Å². The molecule has 1 aliphatic rings. The first-order valence-electron chi connectivity index (χ1n) is 8.43. The first kappa shape index (κ1) is 15.5. The molecule has 0 saturated carbocycles. The molecule has 126 valence electrons. The first-order valence-corrected chi connectivity index (χ1v) is 8.43. The molecule has 6 nitrogen and oxygen atoms in total. The van der Waals surface area contributed by atoms with Gasteiger partial charge in [-0.05, 0) is 43.4 Å². The van der Waals surface area contributed by atoms with Crippen LogP contribution in [-0.2, 0) is 19.4 Å². The Kier molecular flexibility index (Phi) is 4.24. The Bertz CT molecular complexity index is 865. The van der Waals surface area contributed by atoms with E-state index in [4.69, 9.17) is 15.5 Å². The lowest BCUT2D eigenvalue weighted by Crippen LogP contribution is -2.10. The Morgan fingerprint density at radius 2 is 1.96 bits per heavy atom. The van der Waals surface area contributed by atoms with E-state index in [1.54, 1.807) is 18.6 Å². The third-order valence-corrected chi connectivity index (χ3v) is 4.32. The van der Waals surface area contributed by atoms with Gasteiger partial charge in [-0.1, -0.05) is 6.07 Å². The predicted octanol–water partition coefficient (Wildman–Crippen LogP) is 2.97. The Morgan fingerprint density at radius 1 is 1.04 bits per heavy atom. The Labute approximate surface area is 146 Å². The maximum Gasteiger partial charge on any atom is 0.214 e. The van der Waals surface area contributed by atoms with E-state index in [2.05, 4.69) is 15.0 Å². The van der Waals surface area contributed by atoms with Crippen molar-refractivity contribution in [3.8, 4) is 17.1 Å². The highest BCUT2D eigenvalue weighted by Crippen LogP contribution is 2.32. The van der Waals surface area contributed by atoms with Gasteiger partial charge in [-0.3, -0.25) is 9.97 Å². The number of nitrogen functional groups attached to an aromatic ring is 1. The van der Waals surface area contributed by atoms with Crippen molar-refractivity contribution >= 4 is 5.82 Å². The Morgan fingerprint density at radius 3 is 2.76 bits per heavy atom. The summed E-state index contributed by atoms with van der Waals surface area (Å²) in [7, 11) is 0. The number of hydrogen-bond acceptors (Lipinski definition) is 6. The molecular weight excluding hydrogens is 314 g/mol. The minimum atomic E-state index is 0.388. The number of nitrogens with two attached hydrogens (primary N) is 1. The zero-order valence-corrected chi connectivity index (χ0v) is 13.9. The summed E-state index contributed by atoms with van der Waals surface area (Å²) in [6.07, 6.45) is 9.33. The van der Waals surface area contributed by atoms with E-state index in [9.17, 15) is 0 Å². The molecule has 6 heteroatoms. The number of nitrogens with zero attached hydrogens (tertiary/aromatic N) is 4. The van der Waals surface area contributed by atoms with Crippen LogP contribution in [0.3, 0.4) is 0 Å². The van der Waals surface area contributed by atoms with Crippen LogP contribution in [0.1, 0.15) is 29.8 Å². The van der Waals surface area contributed by atoms with Crippen LogP contribution in [0.4, 0.5) is 5.82 Å². The SMILES string of the molecule is Nc1cnc(-c2cc(OCc3ccccn3)nc3c2CCCC3)cn1. The molecular formula is C19H19N5O. The molecule has 0 radical (unpaired) electrons. The molecule has 0 unspecified atom stereocenters. The molecule has 0 aliphatic heterocycles. The van der Waals surface area contributed by atoms with Gasteiger partial charge in [0.05, 0.1) is 23.8 Å². The zero-order valence-electron chi connectivity index (χ0n) is 13.9. The third kappa shape index (κ3) is 3.42. The van der Waals surface area contributed by atoms with Gasteiger partial charge in [-0.15, -0.1) is 0 Å². The van der Waals surface area contributed by atoms with Gasteiger partial charge in [0.1, 0.15) is 12.4 Å². The third-order valence-electron chi connectivity index (χ3n) is 4.32. The molecule has 25 heavy (non-hydrogen) atoms. The van der Waals surface area contributed by atoms with E-state index in [0.717, 1.165) is 48.3 Å². The van der Waals surface area contributed by atoms with Crippen molar-refractivity contribution in [1.82, 2.24) is 19.9 Å². The Hall–Kier alpha value is -3.02. The van der Waals surface area contributed by atoms with Gasteiger partial charge in [-0.2, -0.15) is 0 Å². The fourth-order valence-corrected chi connectivity index (χ4v) is 3.09. The van der Waals surface area contributed by atoms with E-state index >= 15 is 0 Å². The highest BCUT2D eigenvalue weighted by Gasteiger charge is 2.19. The molecule has 3 heterocycles. The van der Waals surface area contributed by atoms with Gasteiger partial charge in [0, 0.05) is 23.5 Å². The predicted molar refractivity (Wildman–Crippen MR) is 94.9 cm³/mol. The summed E-state index contributed by atoms with van der Waals surface area (Å²) >= 11 is 0. The summed E-state index contributed by atoms with van der Waals surface area (Å²) < 4.78 is 5.90. The van der Waals surface area contributed by atoms with Crippen LogP contribution in [0.25, 0.3) is 11.3 Å². The average Bonchev–Trinajstić information content (AvgIpc) is 2.67. The van der Waals surface area contributed by atoms with E-state index < -0.39 is 0 Å². The van der Waals surface area contributed by atoms with Crippen LogP contribution in [0, 0.1) is 0 Å². The standard InChI is InChI=1S/C19H19N5O/c20-18-11-22-17(10-23-18)15-9-19(24-16-7-2-1-6-14(15)16)25-12-13-5-3-4-8-21-13/h3-5,8-11H,1-2,6-7,12H2,(H2,20,23). The van der Waals surface area contributed by atoms with Gasteiger partial charge >= 0.3 is 0 Å². The van der Waals surface area contributed by atoms with Crippen molar-refractivity contribution in [3.63, 3.8) is 0 Å². The molecule has 0 saturated heterocycles. The maximum absolute atomic E-state index is 5.90. The molecule has 0 atom stereocenters. The van der Waals surface area contributed by atoms with Crippen molar-refractivity contribution in [2.45, 2.75) is 32.3 Å². The van der Waals surface area contributed by atoms with E-state index in [1.807, 2.05) is 24.3 Å². The summed E-state index contributed by atoms with van der Waals surface area (Å²) in [6, 6.07) is 7.72. The number of rotatable bonds is 4. The number of aryl methyl sites for hydroxylation is 1. The zero-order chi connectivity index (χ0) is 17.1. The molecule has 0 bridgehead atoms. The fraction of sp³-hybridized carbons (Fsp3) is 0.263. The first-order chi connectivity index (χ1) is 12.3. The van der Waals surface area contributed by atoms with Crippen LogP contribution in [0.5, 0.6) is 5.88 Å². The molecule has 0 aromatic carbocycles. The minimum Gasteiger partial charge on any atom is -0.471 e. The summed E-state index contributed by atoms with van der Waals surface area (Å²) in [5.41, 5.74) is 10.7.